The number of aliphatic hydroxyl groups excluding tert-OH is 1. The van der Waals surface area contributed by atoms with Gasteiger partial charge in [0.15, 0.2) is 5.76 Å². The van der Waals surface area contributed by atoms with E-state index in [0.717, 1.165) is 5.56 Å². The Hall–Kier alpha value is -4.63. The molecule has 0 saturated carbocycles. The number of esters is 1. The molecular formula is C30H25N3O5S. The molecule has 1 atom stereocenters. The number of hydrogen-bond donors (Lipinski definition) is 1. The van der Waals surface area contributed by atoms with Crippen LogP contribution in [0.15, 0.2) is 90.3 Å². The SMILES string of the molecule is CCOC(=O)Cc1ccc(N2C(=O)C(O)=C(C(=O)c3sc(-c4ccccc4)nc3C)C2c2ccccn2)cc1. The minimum atomic E-state index is -0.955. The Bertz CT molecular complexity index is 1560. The number of aliphatic hydroxyl groups is 1. The number of Topliss-reactive ketones (excluding diaryl/α,β-unsaturated/α-hetero) is 1. The van der Waals surface area contributed by atoms with E-state index in [1.54, 1.807) is 62.5 Å². The van der Waals surface area contributed by atoms with Gasteiger partial charge in [-0.3, -0.25) is 24.3 Å². The maximum Gasteiger partial charge on any atom is 0.310 e. The number of thiazole rings is 1. The van der Waals surface area contributed by atoms with Gasteiger partial charge in [0.05, 0.1) is 34.9 Å². The first kappa shape index (κ1) is 26.0. The van der Waals surface area contributed by atoms with Gasteiger partial charge in [0.1, 0.15) is 11.0 Å². The molecule has 5 rings (SSSR count). The summed E-state index contributed by atoms with van der Waals surface area (Å²) in [5, 5.41) is 11.7. The Morgan fingerprint density at radius 2 is 1.74 bits per heavy atom. The fraction of sp³-hybridized carbons (Fsp3) is 0.167. The van der Waals surface area contributed by atoms with Crippen molar-refractivity contribution in [2.45, 2.75) is 26.3 Å². The summed E-state index contributed by atoms with van der Waals surface area (Å²) in [5.74, 6) is -2.16. The molecule has 0 aliphatic carbocycles. The van der Waals surface area contributed by atoms with Gasteiger partial charge in [0.25, 0.3) is 5.91 Å². The van der Waals surface area contributed by atoms with Crippen LogP contribution in [0.25, 0.3) is 10.6 Å². The number of aryl methyl sites for hydroxylation is 1. The lowest BCUT2D eigenvalue weighted by molar-refractivity contribution is -0.142. The molecule has 0 fully saturated rings. The van der Waals surface area contributed by atoms with Gasteiger partial charge in [-0.05, 0) is 43.7 Å². The van der Waals surface area contributed by atoms with E-state index in [1.165, 1.54) is 16.2 Å². The van der Waals surface area contributed by atoms with Crippen LogP contribution in [0, 0.1) is 6.92 Å². The van der Waals surface area contributed by atoms with E-state index in [0.29, 0.717) is 39.1 Å². The number of benzene rings is 2. The zero-order chi connectivity index (χ0) is 27.5. The lowest BCUT2D eigenvalue weighted by atomic mass is 9.98. The number of carbonyl (C=O) groups is 3. The number of carbonyl (C=O) groups excluding carboxylic acids is 3. The van der Waals surface area contributed by atoms with Gasteiger partial charge in [0.2, 0.25) is 5.78 Å². The van der Waals surface area contributed by atoms with Crippen LogP contribution < -0.4 is 4.90 Å². The molecule has 8 nitrogen and oxygen atoms in total. The molecule has 4 aromatic rings. The predicted octanol–water partition coefficient (Wildman–Crippen LogP) is 5.40. The van der Waals surface area contributed by atoms with E-state index >= 15 is 0 Å². The van der Waals surface area contributed by atoms with E-state index in [1.807, 2.05) is 30.3 Å². The molecule has 1 amide bonds. The summed E-state index contributed by atoms with van der Waals surface area (Å²) in [6.07, 6.45) is 1.66. The van der Waals surface area contributed by atoms with E-state index in [2.05, 4.69) is 9.97 Å². The molecule has 1 aliphatic rings. The van der Waals surface area contributed by atoms with Gasteiger partial charge in [0, 0.05) is 17.4 Å². The number of hydrogen-bond acceptors (Lipinski definition) is 8. The zero-order valence-corrected chi connectivity index (χ0v) is 22.1. The summed E-state index contributed by atoms with van der Waals surface area (Å²) in [5.41, 5.74) is 2.92. The van der Waals surface area contributed by atoms with Crippen molar-refractivity contribution in [3.63, 3.8) is 0 Å². The maximum atomic E-state index is 14.0. The first-order chi connectivity index (χ1) is 18.9. The van der Waals surface area contributed by atoms with Crippen LogP contribution in [0.1, 0.15) is 39.6 Å². The summed E-state index contributed by atoms with van der Waals surface area (Å²) in [4.78, 5) is 50.0. The van der Waals surface area contributed by atoms with Crippen LogP contribution in [0.4, 0.5) is 5.69 Å². The smallest absolute Gasteiger partial charge is 0.310 e. The average Bonchev–Trinajstić information content (AvgIpc) is 3.47. The van der Waals surface area contributed by atoms with Crippen LogP contribution in [0.3, 0.4) is 0 Å². The summed E-state index contributed by atoms with van der Waals surface area (Å²) in [6, 6.07) is 20.5. The first-order valence-corrected chi connectivity index (χ1v) is 13.2. The Morgan fingerprint density at radius 3 is 2.41 bits per heavy atom. The Morgan fingerprint density at radius 1 is 1.03 bits per heavy atom. The molecule has 0 bridgehead atoms. The van der Waals surface area contributed by atoms with Crippen LogP contribution in [-0.4, -0.2) is 39.3 Å². The van der Waals surface area contributed by atoms with Crippen LogP contribution in [-0.2, 0) is 20.7 Å². The second kappa shape index (κ2) is 11.0. The quantitative estimate of drug-likeness (QED) is 0.236. The Balaban J connectivity index is 1.53. The van der Waals surface area contributed by atoms with Crippen molar-refractivity contribution in [3.8, 4) is 10.6 Å². The van der Waals surface area contributed by atoms with Crippen molar-refractivity contribution in [2.24, 2.45) is 0 Å². The molecule has 1 aliphatic heterocycles. The summed E-state index contributed by atoms with van der Waals surface area (Å²) in [6.45, 7) is 3.77. The van der Waals surface area contributed by atoms with Crippen LogP contribution >= 0.6 is 11.3 Å². The number of anilines is 1. The fourth-order valence-electron chi connectivity index (χ4n) is 4.51. The highest BCUT2D eigenvalue weighted by Crippen LogP contribution is 2.42. The summed E-state index contributed by atoms with van der Waals surface area (Å²) < 4.78 is 5.01. The van der Waals surface area contributed by atoms with Gasteiger partial charge in [-0.15, -0.1) is 11.3 Å². The molecule has 196 valence electrons. The van der Waals surface area contributed by atoms with E-state index in [4.69, 9.17) is 4.74 Å². The topological polar surface area (TPSA) is 110 Å². The van der Waals surface area contributed by atoms with Gasteiger partial charge in [-0.2, -0.15) is 0 Å². The van der Waals surface area contributed by atoms with Crippen molar-refractivity contribution in [3.05, 3.63) is 112 Å². The fourth-order valence-corrected chi connectivity index (χ4v) is 5.53. The number of amides is 1. The second-order valence-corrected chi connectivity index (χ2v) is 9.87. The van der Waals surface area contributed by atoms with E-state index in [-0.39, 0.29) is 18.0 Å². The Kier molecular flexibility index (Phi) is 7.33. The molecule has 1 N–H and O–H groups in total. The number of ether oxygens (including phenoxy) is 1. The molecule has 9 heteroatoms. The van der Waals surface area contributed by atoms with Crippen LogP contribution in [0.5, 0.6) is 0 Å². The molecule has 0 spiro atoms. The number of ketones is 1. The number of rotatable bonds is 8. The summed E-state index contributed by atoms with van der Waals surface area (Å²) >= 11 is 1.22. The molecule has 0 saturated heterocycles. The zero-order valence-electron chi connectivity index (χ0n) is 21.3. The third kappa shape index (κ3) is 5.08. The van der Waals surface area contributed by atoms with Crippen molar-refractivity contribution in [2.75, 3.05) is 11.5 Å². The third-order valence-electron chi connectivity index (χ3n) is 6.31. The maximum absolute atomic E-state index is 14.0. The van der Waals surface area contributed by atoms with Crippen molar-refractivity contribution in [1.82, 2.24) is 9.97 Å². The Labute approximate surface area is 229 Å². The van der Waals surface area contributed by atoms with E-state index < -0.39 is 23.5 Å². The molecule has 1 unspecified atom stereocenters. The second-order valence-electron chi connectivity index (χ2n) is 8.87. The molecule has 3 heterocycles. The summed E-state index contributed by atoms with van der Waals surface area (Å²) in [7, 11) is 0. The third-order valence-corrected chi connectivity index (χ3v) is 7.52. The van der Waals surface area contributed by atoms with Gasteiger partial charge in [-0.1, -0.05) is 48.5 Å². The van der Waals surface area contributed by atoms with Crippen molar-refractivity contribution >= 4 is 34.7 Å². The lowest BCUT2D eigenvalue weighted by Gasteiger charge is -2.26. The highest BCUT2D eigenvalue weighted by atomic mass is 32.1. The van der Waals surface area contributed by atoms with Crippen LogP contribution in [0.2, 0.25) is 0 Å². The van der Waals surface area contributed by atoms with Crippen molar-refractivity contribution in [1.29, 1.82) is 0 Å². The van der Waals surface area contributed by atoms with Gasteiger partial charge >= 0.3 is 5.97 Å². The molecule has 39 heavy (non-hydrogen) atoms. The van der Waals surface area contributed by atoms with Crippen molar-refractivity contribution < 1.29 is 24.2 Å². The van der Waals surface area contributed by atoms with Gasteiger partial charge in [-0.25, -0.2) is 4.98 Å². The molecule has 2 aromatic carbocycles. The highest BCUT2D eigenvalue weighted by molar-refractivity contribution is 7.17. The highest BCUT2D eigenvalue weighted by Gasteiger charge is 2.46. The van der Waals surface area contributed by atoms with E-state index in [9.17, 15) is 19.5 Å². The monoisotopic (exact) mass is 539 g/mol. The minimum absolute atomic E-state index is 0.0549. The average molecular weight is 540 g/mol. The predicted molar refractivity (Wildman–Crippen MR) is 148 cm³/mol. The normalized spacial score (nSPS) is 15.1. The number of aromatic nitrogens is 2. The largest absolute Gasteiger partial charge is 0.503 e. The standard InChI is InChI=1S/C30H25N3O5S/c1-3-38-23(34)17-19-12-14-21(15-13-19)33-25(22-11-7-8-16-31-22)24(27(36)30(33)37)26(35)28-18(2)32-29(39-28)20-9-5-4-6-10-20/h4-16,25,36H,3,17H2,1-2H3. The molecule has 0 radical (unpaired) electrons. The number of nitrogens with zero attached hydrogens (tertiary/aromatic N) is 3. The molecular weight excluding hydrogens is 514 g/mol. The lowest BCUT2D eigenvalue weighted by Crippen LogP contribution is -2.31. The molecule has 2 aromatic heterocycles. The van der Waals surface area contributed by atoms with Gasteiger partial charge < -0.3 is 9.84 Å². The number of pyridine rings is 1. The minimum Gasteiger partial charge on any atom is -0.503 e. The first-order valence-electron chi connectivity index (χ1n) is 12.4.